The SMILES string of the molecule is CC(C)C[C@H](OC(=O)OCc1ccccc1)C(=O)N[C@@H](C)c1ccccc1. The second kappa shape index (κ2) is 10.4. The van der Waals surface area contributed by atoms with Gasteiger partial charge in [0.15, 0.2) is 6.10 Å². The highest BCUT2D eigenvalue weighted by Crippen LogP contribution is 2.15. The molecular formula is C22H27NO4. The summed E-state index contributed by atoms with van der Waals surface area (Å²) in [4.78, 5) is 24.7. The molecule has 2 atom stereocenters. The molecule has 0 aromatic heterocycles. The van der Waals surface area contributed by atoms with Gasteiger partial charge in [0, 0.05) is 0 Å². The van der Waals surface area contributed by atoms with Crippen LogP contribution in [0.2, 0.25) is 0 Å². The summed E-state index contributed by atoms with van der Waals surface area (Å²) in [7, 11) is 0. The first-order chi connectivity index (χ1) is 13.0. The van der Waals surface area contributed by atoms with Crippen molar-refractivity contribution in [3.05, 3.63) is 71.8 Å². The number of rotatable bonds is 8. The molecule has 0 aliphatic carbocycles. The number of carbonyl (C=O) groups is 2. The number of hydrogen-bond acceptors (Lipinski definition) is 4. The molecule has 1 amide bonds. The van der Waals surface area contributed by atoms with E-state index in [1.807, 2.05) is 81.4 Å². The number of hydrogen-bond donors (Lipinski definition) is 1. The Morgan fingerprint density at radius 2 is 1.52 bits per heavy atom. The molecule has 5 heteroatoms. The van der Waals surface area contributed by atoms with Gasteiger partial charge in [-0.25, -0.2) is 4.79 Å². The Morgan fingerprint density at radius 1 is 0.926 bits per heavy atom. The Kier molecular flexibility index (Phi) is 7.86. The van der Waals surface area contributed by atoms with Gasteiger partial charge in [-0.15, -0.1) is 0 Å². The smallest absolute Gasteiger partial charge is 0.429 e. The van der Waals surface area contributed by atoms with Crippen molar-refractivity contribution in [3.63, 3.8) is 0 Å². The summed E-state index contributed by atoms with van der Waals surface area (Å²) >= 11 is 0. The third-order valence-electron chi connectivity index (χ3n) is 4.07. The largest absolute Gasteiger partial charge is 0.509 e. The fourth-order valence-electron chi connectivity index (χ4n) is 2.63. The number of nitrogens with one attached hydrogen (secondary N) is 1. The summed E-state index contributed by atoms with van der Waals surface area (Å²) in [5.74, 6) is -0.133. The molecule has 2 aromatic rings. The van der Waals surface area contributed by atoms with E-state index in [9.17, 15) is 9.59 Å². The molecular weight excluding hydrogens is 342 g/mol. The van der Waals surface area contributed by atoms with Crippen molar-refractivity contribution >= 4 is 12.1 Å². The van der Waals surface area contributed by atoms with Gasteiger partial charge in [0.2, 0.25) is 0 Å². The summed E-state index contributed by atoms with van der Waals surface area (Å²) in [6, 6.07) is 18.8. The van der Waals surface area contributed by atoms with E-state index in [0.29, 0.717) is 6.42 Å². The molecule has 0 aliphatic rings. The molecule has 0 spiro atoms. The molecule has 27 heavy (non-hydrogen) atoms. The van der Waals surface area contributed by atoms with Crippen LogP contribution in [0.1, 0.15) is 44.4 Å². The zero-order valence-corrected chi connectivity index (χ0v) is 16.1. The molecule has 0 aliphatic heterocycles. The molecule has 0 saturated carbocycles. The molecule has 0 saturated heterocycles. The normalized spacial score (nSPS) is 12.9. The van der Waals surface area contributed by atoms with Crippen LogP contribution in [0.3, 0.4) is 0 Å². The quantitative estimate of drug-likeness (QED) is 0.689. The number of benzene rings is 2. The van der Waals surface area contributed by atoms with Gasteiger partial charge in [-0.3, -0.25) is 4.79 Å². The maximum absolute atomic E-state index is 12.6. The lowest BCUT2D eigenvalue weighted by atomic mass is 10.0. The van der Waals surface area contributed by atoms with Crippen molar-refractivity contribution in [2.24, 2.45) is 5.92 Å². The Labute approximate surface area is 160 Å². The monoisotopic (exact) mass is 369 g/mol. The van der Waals surface area contributed by atoms with Crippen LogP contribution in [-0.2, 0) is 20.9 Å². The Morgan fingerprint density at radius 3 is 2.11 bits per heavy atom. The lowest BCUT2D eigenvalue weighted by molar-refractivity contribution is -0.132. The van der Waals surface area contributed by atoms with Crippen LogP contribution in [0.4, 0.5) is 4.79 Å². The van der Waals surface area contributed by atoms with Crippen LogP contribution >= 0.6 is 0 Å². The fraction of sp³-hybridized carbons (Fsp3) is 0.364. The maximum atomic E-state index is 12.6. The zero-order valence-electron chi connectivity index (χ0n) is 16.1. The molecule has 2 rings (SSSR count). The molecule has 5 nitrogen and oxygen atoms in total. The standard InChI is InChI=1S/C22H27NO4/c1-16(2)14-20(21(24)23-17(3)19-12-8-5-9-13-19)27-22(25)26-15-18-10-6-4-7-11-18/h4-13,16-17,20H,14-15H2,1-3H3,(H,23,24)/t17-,20-/m0/s1. The van der Waals surface area contributed by atoms with E-state index < -0.39 is 12.3 Å². The van der Waals surface area contributed by atoms with Crippen LogP contribution in [0.15, 0.2) is 60.7 Å². The Balaban J connectivity index is 1.92. The average molecular weight is 369 g/mol. The van der Waals surface area contributed by atoms with Crippen LogP contribution in [0, 0.1) is 5.92 Å². The van der Waals surface area contributed by atoms with Crippen molar-refractivity contribution in [1.82, 2.24) is 5.32 Å². The number of ether oxygens (including phenoxy) is 2. The van der Waals surface area contributed by atoms with Gasteiger partial charge in [0.25, 0.3) is 5.91 Å². The van der Waals surface area contributed by atoms with E-state index in [-0.39, 0.29) is 24.5 Å². The highest BCUT2D eigenvalue weighted by atomic mass is 16.7. The lowest BCUT2D eigenvalue weighted by Gasteiger charge is -2.22. The summed E-state index contributed by atoms with van der Waals surface area (Å²) in [6.07, 6.45) is -1.31. The molecule has 0 fully saturated rings. The van der Waals surface area contributed by atoms with Gasteiger partial charge >= 0.3 is 6.16 Å². The molecule has 144 valence electrons. The summed E-state index contributed by atoms with van der Waals surface area (Å²) in [6.45, 7) is 5.95. The molecule has 2 aromatic carbocycles. The van der Waals surface area contributed by atoms with E-state index in [2.05, 4.69) is 5.32 Å². The molecule has 1 N–H and O–H groups in total. The van der Waals surface area contributed by atoms with Crippen LogP contribution in [0.5, 0.6) is 0 Å². The van der Waals surface area contributed by atoms with Crippen molar-refractivity contribution in [2.45, 2.75) is 45.9 Å². The van der Waals surface area contributed by atoms with E-state index in [0.717, 1.165) is 11.1 Å². The van der Waals surface area contributed by atoms with E-state index in [4.69, 9.17) is 9.47 Å². The average Bonchev–Trinajstić information content (AvgIpc) is 2.67. The first-order valence-electron chi connectivity index (χ1n) is 9.18. The van der Waals surface area contributed by atoms with E-state index >= 15 is 0 Å². The molecule has 0 unspecified atom stereocenters. The Bertz CT molecular complexity index is 716. The van der Waals surface area contributed by atoms with Crippen LogP contribution in [-0.4, -0.2) is 18.2 Å². The van der Waals surface area contributed by atoms with Crippen molar-refractivity contribution in [3.8, 4) is 0 Å². The first kappa shape index (κ1) is 20.5. The lowest BCUT2D eigenvalue weighted by Crippen LogP contribution is -2.40. The highest BCUT2D eigenvalue weighted by molar-refractivity contribution is 5.83. The predicted octanol–water partition coefficient (Wildman–Crippen LogP) is 4.63. The van der Waals surface area contributed by atoms with Crippen LogP contribution < -0.4 is 5.32 Å². The highest BCUT2D eigenvalue weighted by Gasteiger charge is 2.26. The van der Waals surface area contributed by atoms with Gasteiger partial charge in [-0.2, -0.15) is 0 Å². The summed E-state index contributed by atoms with van der Waals surface area (Å²) in [5.41, 5.74) is 1.85. The number of carbonyl (C=O) groups excluding carboxylic acids is 2. The van der Waals surface area contributed by atoms with Crippen molar-refractivity contribution in [1.29, 1.82) is 0 Å². The second-order valence-corrected chi connectivity index (χ2v) is 6.90. The molecule has 0 heterocycles. The minimum absolute atomic E-state index is 0.107. The topological polar surface area (TPSA) is 64.6 Å². The maximum Gasteiger partial charge on any atom is 0.509 e. The molecule has 0 radical (unpaired) electrons. The minimum Gasteiger partial charge on any atom is -0.429 e. The fourth-order valence-corrected chi connectivity index (χ4v) is 2.63. The number of amides is 1. The van der Waals surface area contributed by atoms with Gasteiger partial charge in [-0.05, 0) is 30.4 Å². The second-order valence-electron chi connectivity index (χ2n) is 6.90. The summed E-state index contributed by atoms with van der Waals surface area (Å²) in [5, 5.41) is 2.91. The molecule has 0 bridgehead atoms. The van der Waals surface area contributed by atoms with Gasteiger partial charge in [-0.1, -0.05) is 74.5 Å². The predicted molar refractivity (Wildman–Crippen MR) is 104 cm³/mol. The summed E-state index contributed by atoms with van der Waals surface area (Å²) < 4.78 is 10.4. The third kappa shape index (κ3) is 7.13. The van der Waals surface area contributed by atoms with Gasteiger partial charge < -0.3 is 14.8 Å². The first-order valence-corrected chi connectivity index (χ1v) is 9.18. The van der Waals surface area contributed by atoms with Crippen LogP contribution in [0.25, 0.3) is 0 Å². The van der Waals surface area contributed by atoms with Crippen molar-refractivity contribution < 1.29 is 19.1 Å². The zero-order chi connectivity index (χ0) is 19.6. The third-order valence-corrected chi connectivity index (χ3v) is 4.07. The van der Waals surface area contributed by atoms with Gasteiger partial charge in [0.1, 0.15) is 6.61 Å². The van der Waals surface area contributed by atoms with E-state index in [1.165, 1.54) is 0 Å². The van der Waals surface area contributed by atoms with Crippen molar-refractivity contribution in [2.75, 3.05) is 0 Å². The minimum atomic E-state index is -0.889. The van der Waals surface area contributed by atoms with Gasteiger partial charge in [0.05, 0.1) is 6.04 Å². The Hall–Kier alpha value is -2.82. The van der Waals surface area contributed by atoms with E-state index in [1.54, 1.807) is 0 Å².